The molecular formula is C28H34FN5O3. The van der Waals surface area contributed by atoms with Gasteiger partial charge in [0.15, 0.2) is 0 Å². The Hall–Kier alpha value is -4.13. The number of carbonyl (C=O) groups excluding carboxylic acids is 3. The summed E-state index contributed by atoms with van der Waals surface area (Å²) in [5.74, 6) is 1.47. The van der Waals surface area contributed by atoms with Crippen molar-refractivity contribution in [3.63, 3.8) is 0 Å². The first-order valence-corrected chi connectivity index (χ1v) is 11.5. The number of halogens is 1. The number of aldehydes is 2. The van der Waals surface area contributed by atoms with Crippen LogP contribution in [0, 0.1) is 18.2 Å². The number of nitrogens with two attached hydrogens (primary N) is 1. The number of amides is 1. The van der Waals surface area contributed by atoms with E-state index in [1.807, 2.05) is 20.2 Å². The molecule has 9 heteroatoms. The van der Waals surface area contributed by atoms with Crippen molar-refractivity contribution in [1.29, 1.82) is 0 Å². The van der Waals surface area contributed by atoms with Gasteiger partial charge < -0.3 is 21.7 Å². The molecule has 0 bridgehead atoms. The van der Waals surface area contributed by atoms with E-state index >= 15 is 0 Å². The van der Waals surface area contributed by atoms with Gasteiger partial charge in [0.25, 0.3) is 5.91 Å². The first-order valence-electron chi connectivity index (χ1n) is 11.5. The Kier molecular flexibility index (Phi) is 13.8. The Balaban J connectivity index is 0.000000321. The molecule has 8 nitrogen and oxygen atoms in total. The Morgan fingerprint density at radius 3 is 2.41 bits per heavy atom. The van der Waals surface area contributed by atoms with Crippen molar-refractivity contribution in [1.82, 2.24) is 16.0 Å². The maximum absolute atomic E-state index is 13.7. The number of terminal acetylenes is 1. The van der Waals surface area contributed by atoms with E-state index < -0.39 is 5.91 Å². The number of benzene rings is 2. The molecule has 2 aromatic rings. The molecule has 0 aliphatic heterocycles. The molecule has 0 saturated heterocycles. The van der Waals surface area contributed by atoms with Gasteiger partial charge in [-0.3, -0.25) is 19.4 Å². The van der Waals surface area contributed by atoms with Crippen LogP contribution in [0.4, 0.5) is 4.39 Å². The number of carbonyl (C=O) groups is 3. The van der Waals surface area contributed by atoms with Crippen LogP contribution < -0.4 is 21.7 Å². The number of allylic oxidation sites excluding steroid dienone is 1. The van der Waals surface area contributed by atoms with Crippen LogP contribution in [0.25, 0.3) is 5.57 Å². The summed E-state index contributed by atoms with van der Waals surface area (Å²) in [7, 11) is 5.39. The van der Waals surface area contributed by atoms with Crippen molar-refractivity contribution in [2.45, 2.75) is 24.9 Å². The minimum absolute atomic E-state index is 0.0556. The van der Waals surface area contributed by atoms with Crippen molar-refractivity contribution < 1.29 is 18.8 Å². The van der Waals surface area contributed by atoms with E-state index in [0.29, 0.717) is 24.0 Å². The summed E-state index contributed by atoms with van der Waals surface area (Å²) >= 11 is 0. The lowest BCUT2D eigenvalue weighted by Gasteiger charge is -2.16. The molecule has 0 atom stereocenters. The molecule has 1 aliphatic rings. The minimum Gasteiger partial charge on any atom is -0.404 e. The molecule has 5 N–H and O–H groups in total. The lowest BCUT2D eigenvalue weighted by molar-refractivity contribution is -0.131. The minimum atomic E-state index is -0.689. The van der Waals surface area contributed by atoms with Gasteiger partial charge in [-0.25, -0.2) is 4.39 Å². The van der Waals surface area contributed by atoms with Crippen LogP contribution in [0.5, 0.6) is 0 Å². The summed E-state index contributed by atoms with van der Waals surface area (Å²) in [4.78, 5) is 35.1. The molecule has 1 fully saturated rings. The average molecular weight is 508 g/mol. The lowest BCUT2D eigenvalue weighted by atomic mass is 9.98. The zero-order valence-corrected chi connectivity index (χ0v) is 21.4. The molecule has 0 aromatic heterocycles. The predicted molar refractivity (Wildman–Crippen MR) is 145 cm³/mol. The summed E-state index contributed by atoms with van der Waals surface area (Å²) in [6.07, 6.45) is 10.9. The number of nitrogens with zero attached hydrogens (tertiary/aromatic N) is 1. The Morgan fingerprint density at radius 2 is 1.92 bits per heavy atom. The number of hydrogen-bond donors (Lipinski definition) is 4. The standard InChI is InChI=1S/C14H18FN3.C10H9NO3.C4H7N/c1-17-9-11(8-16)10-5-12(7-13(15)6-10)14(18-2)3-4-14;12-6-9-4-2-1-3-8(9)5-11-10(14)7-13;1-3-4-5-2/h5-9,18H,3-4,16H2,1-2H3;1-4,6-7H,5H2,(H,11,14);1,5H,4H2,2H3/b11-8+,17-9?;;. The fourth-order valence-electron chi connectivity index (χ4n) is 3.33. The van der Waals surface area contributed by atoms with E-state index in [-0.39, 0.29) is 24.2 Å². The molecule has 0 radical (unpaired) electrons. The summed E-state index contributed by atoms with van der Waals surface area (Å²) < 4.78 is 13.7. The van der Waals surface area contributed by atoms with E-state index in [4.69, 9.17) is 12.2 Å². The highest BCUT2D eigenvalue weighted by Gasteiger charge is 2.43. The highest BCUT2D eigenvalue weighted by Crippen LogP contribution is 2.45. The summed E-state index contributed by atoms with van der Waals surface area (Å²) in [5.41, 5.74) is 9.17. The van der Waals surface area contributed by atoms with Crippen LogP contribution in [0.1, 0.15) is 39.9 Å². The molecule has 1 aliphatic carbocycles. The Bertz CT molecular complexity index is 1150. The van der Waals surface area contributed by atoms with Crippen molar-refractivity contribution in [2.24, 2.45) is 10.7 Å². The molecule has 0 unspecified atom stereocenters. The molecule has 0 heterocycles. The van der Waals surface area contributed by atoms with Gasteiger partial charge in [-0.1, -0.05) is 30.2 Å². The molecule has 1 amide bonds. The second-order valence-electron chi connectivity index (χ2n) is 7.96. The van der Waals surface area contributed by atoms with Crippen LogP contribution in [0.15, 0.2) is 53.7 Å². The highest BCUT2D eigenvalue weighted by molar-refractivity contribution is 6.23. The first kappa shape index (κ1) is 30.9. The van der Waals surface area contributed by atoms with Crippen molar-refractivity contribution in [3.05, 3.63) is 76.7 Å². The number of rotatable bonds is 9. The summed E-state index contributed by atoms with van der Waals surface area (Å²) in [5, 5.41) is 8.40. The number of nitrogens with one attached hydrogen (secondary N) is 3. The first-order chi connectivity index (χ1) is 17.8. The predicted octanol–water partition coefficient (Wildman–Crippen LogP) is 2.19. The third-order valence-electron chi connectivity index (χ3n) is 5.48. The van der Waals surface area contributed by atoms with E-state index in [1.54, 1.807) is 43.6 Å². The zero-order chi connectivity index (χ0) is 27.7. The third kappa shape index (κ3) is 10.2. The van der Waals surface area contributed by atoms with E-state index in [9.17, 15) is 18.8 Å². The number of aliphatic imine (C=N–C) groups is 1. The molecular weight excluding hydrogens is 473 g/mol. The second-order valence-corrected chi connectivity index (χ2v) is 7.96. The van der Waals surface area contributed by atoms with Gasteiger partial charge in [0.05, 0.1) is 6.54 Å². The van der Waals surface area contributed by atoms with Crippen molar-refractivity contribution >= 4 is 30.3 Å². The second kappa shape index (κ2) is 16.5. The lowest BCUT2D eigenvalue weighted by Crippen LogP contribution is -2.24. The van der Waals surface area contributed by atoms with E-state index in [2.05, 4.69) is 26.9 Å². The topological polar surface area (TPSA) is 126 Å². The molecule has 37 heavy (non-hydrogen) atoms. The van der Waals surface area contributed by atoms with Crippen LogP contribution in [0.2, 0.25) is 0 Å². The van der Waals surface area contributed by atoms with Gasteiger partial charge in [0, 0.05) is 42.7 Å². The van der Waals surface area contributed by atoms with Crippen molar-refractivity contribution in [2.75, 3.05) is 27.7 Å². The Morgan fingerprint density at radius 1 is 1.22 bits per heavy atom. The summed E-state index contributed by atoms with van der Waals surface area (Å²) in [6.45, 7) is 0.854. The van der Waals surface area contributed by atoms with E-state index in [1.165, 1.54) is 12.3 Å². The quantitative estimate of drug-likeness (QED) is 0.178. The monoisotopic (exact) mass is 507 g/mol. The molecule has 196 valence electrons. The van der Waals surface area contributed by atoms with Crippen LogP contribution in [-0.4, -0.2) is 52.4 Å². The fourth-order valence-corrected chi connectivity index (χ4v) is 3.33. The molecule has 0 spiro atoms. The molecule has 3 rings (SSSR count). The van der Waals surface area contributed by atoms with E-state index in [0.717, 1.165) is 29.5 Å². The van der Waals surface area contributed by atoms with Gasteiger partial charge >= 0.3 is 0 Å². The zero-order valence-electron chi connectivity index (χ0n) is 21.4. The van der Waals surface area contributed by atoms with Gasteiger partial charge in [-0.15, -0.1) is 6.42 Å². The van der Waals surface area contributed by atoms with Crippen LogP contribution in [-0.2, 0) is 21.7 Å². The molecule has 1 saturated carbocycles. The Labute approximate surface area is 217 Å². The van der Waals surface area contributed by atoms with Crippen molar-refractivity contribution in [3.8, 4) is 12.3 Å². The van der Waals surface area contributed by atoms with Gasteiger partial charge in [-0.2, -0.15) is 0 Å². The smallest absolute Gasteiger partial charge is 0.284 e. The summed E-state index contributed by atoms with van der Waals surface area (Å²) in [6, 6.07) is 11.9. The number of hydrogen-bond acceptors (Lipinski definition) is 7. The van der Waals surface area contributed by atoms with Gasteiger partial charge in [0.1, 0.15) is 12.1 Å². The molecule has 2 aromatic carbocycles. The SMILES string of the molecule is C#CCNC.CN=C/C(=C\N)c1cc(F)cc(C2(NC)CC2)c1.O=CC(=O)NCc1ccccc1C=O. The van der Waals surface area contributed by atoms with Gasteiger partial charge in [-0.05, 0) is 61.8 Å². The largest absolute Gasteiger partial charge is 0.404 e. The van der Waals surface area contributed by atoms with Crippen LogP contribution in [0.3, 0.4) is 0 Å². The fraction of sp³-hybridized carbons (Fsp3) is 0.286. The third-order valence-corrected chi connectivity index (χ3v) is 5.48. The maximum Gasteiger partial charge on any atom is 0.284 e. The normalized spacial score (nSPS) is 13.2. The van der Waals surface area contributed by atoms with Crippen LogP contribution >= 0.6 is 0 Å². The highest BCUT2D eigenvalue weighted by atomic mass is 19.1. The average Bonchev–Trinajstić information content (AvgIpc) is 3.73. The van der Waals surface area contributed by atoms with Gasteiger partial charge in [0.2, 0.25) is 6.29 Å². The maximum atomic E-state index is 13.7.